The standard InChI is InChI=1S/C13H24N2O2/c1-11(13(2)4-5-13)14-6-3-12(16)15-7-9-17-10-8-15/h11,14H,3-10H2,1-2H3. The van der Waals surface area contributed by atoms with E-state index in [0.29, 0.717) is 31.1 Å². The smallest absolute Gasteiger partial charge is 0.224 e. The summed E-state index contributed by atoms with van der Waals surface area (Å²) in [6.07, 6.45) is 3.25. The van der Waals surface area contributed by atoms with Gasteiger partial charge in [0, 0.05) is 32.1 Å². The normalized spacial score (nSPS) is 24.5. The van der Waals surface area contributed by atoms with E-state index >= 15 is 0 Å². The van der Waals surface area contributed by atoms with Crippen LogP contribution < -0.4 is 5.32 Å². The maximum Gasteiger partial charge on any atom is 0.224 e. The minimum Gasteiger partial charge on any atom is -0.378 e. The predicted octanol–water partition coefficient (Wildman–Crippen LogP) is 1.01. The first kappa shape index (κ1) is 12.8. The number of nitrogens with one attached hydrogen (secondary N) is 1. The van der Waals surface area contributed by atoms with E-state index in [1.54, 1.807) is 0 Å². The predicted molar refractivity (Wildman–Crippen MR) is 66.8 cm³/mol. The van der Waals surface area contributed by atoms with Crippen LogP contribution >= 0.6 is 0 Å². The lowest BCUT2D eigenvalue weighted by molar-refractivity contribution is -0.135. The van der Waals surface area contributed by atoms with Crippen LogP contribution in [0.1, 0.15) is 33.1 Å². The second-order valence-electron chi connectivity index (χ2n) is 5.57. The minimum absolute atomic E-state index is 0.258. The van der Waals surface area contributed by atoms with E-state index < -0.39 is 0 Å². The van der Waals surface area contributed by atoms with E-state index in [0.717, 1.165) is 19.6 Å². The second kappa shape index (κ2) is 5.36. The van der Waals surface area contributed by atoms with Gasteiger partial charge in [0.1, 0.15) is 0 Å². The van der Waals surface area contributed by atoms with Gasteiger partial charge in [0.2, 0.25) is 5.91 Å². The van der Waals surface area contributed by atoms with Crippen LogP contribution in [0.15, 0.2) is 0 Å². The first-order valence-corrected chi connectivity index (χ1v) is 6.71. The van der Waals surface area contributed by atoms with Crippen molar-refractivity contribution in [1.82, 2.24) is 10.2 Å². The van der Waals surface area contributed by atoms with E-state index in [2.05, 4.69) is 19.2 Å². The monoisotopic (exact) mass is 240 g/mol. The van der Waals surface area contributed by atoms with Crippen LogP contribution in [0.3, 0.4) is 0 Å². The van der Waals surface area contributed by atoms with Crippen molar-refractivity contribution < 1.29 is 9.53 Å². The Bertz CT molecular complexity index is 271. The molecule has 1 unspecified atom stereocenters. The second-order valence-corrected chi connectivity index (χ2v) is 5.57. The van der Waals surface area contributed by atoms with E-state index in [4.69, 9.17) is 4.74 Å². The molecule has 17 heavy (non-hydrogen) atoms. The van der Waals surface area contributed by atoms with E-state index in [9.17, 15) is 4.79 Å². The lowest BCUT2D eigenvalue weighted by Crippen LogP contribution is -2.42. The van der Waals surface area contributed by atoms with Gasteiger partial charge in [0.05, 0.1) is 13.2 Å². The number of nitrogens with zero attached hydrogens (tertiary/aromatic N) is 1. The zero-order valence-corrected chi connectivity index (χ0v) is 11.0. The molecule has 2 rings (SSSR count). The molecule has 2 aliphatic rings. The van der Waals surface area contributed by atoms with Crippen LogP contribution in [0.25, 0.3) is 0 Å². The van der Waals surface area contributed by atoms with Crippen LogP contribution in [0.5, 0.6) is 0 Å². The lowest BCUT2D eigenvalue weighted by atomic mass is 10.0. The summed E-state index contributed by atoms with van der Waals surface area (Å²) >= 11 is 0. The van der Waals surface area contributed by atoms with Crippen molar-refractivity contribution in [2.75, 3.05) is 32.8 Å². The Morgan fingerprint density at radius 2 is 2.06 bits per heavy atom. The fraction of sp³-hybridized carbons (Fsp3) is 0.923. The molecular weight excluding hydrogens is 216 g/mol. The number of hydrogen-bond donors (Lipinski definition) is 1. The van der Waals surface area contributed by atoms with Gasteiger partial charge >= 0.3 is 0 Å². The third-order valence-corrected chi connectivity index (χ3v) is 4.24. The SMILES string of the molecule is CC(NCCC(=O)N1CCOCC1)C1(C)CC1. The van der Waals surface area contributed by atoms with Gasteiger partial charge in [-0.25, -0.2) is 0 Å². The maximum absolute atomic E-state index is 11.9. The molecular formula is C13H24N2O2. The van der Waals surface area contributed by atoms with Gasteiger partial charge in [-0.05, 0) is 25.2 Å². The maximum atomic E-state index is 11.9. The number of morpholine rings is 1. The number of hydrogen-bond acceptors (Lipinski definition) is 3. The van der Waals surface area contributed by atoms with Crippen LogP contribution in [-0.4, -0.2) is 49.7 Å². The molecule has 1 atom stereocenters. The van der Waals surface area contributed by atoms with Gasteiger partial charge in [-0.2, -0.15) is 0 Å². The molecule has 0 spiro atoms. The molecule has 1 amide bonds. The molecule has 1 aliphatic carbocycles. The molecule has 4 heteroatoms. The van der Waals surface area contributed by atoms with Crippen molar-refractivity contribution in [3.63, 3.8) is 0 Å². The Labute approximate surface area is 104 Å². The van der Waals surface area contributed by atoms with Crippen LogP contribution in [0.2, 0.25) is 0 Å². The fourth-order valence-electron chi connectivity index (χ4n) is 2.24. The van der Waals surface area contributed by atoms with Gasteiger partial charge in [-0.15, -0.1) is 0 Å². The number of ether oxygens (including phenoxy) is 1. The molecule has 1 heterocycles. The summed E-state index contributed by atoms with van der Waals surface area (Å²) in [7, 11) is 0. The van der Waals surface area contributed by atoms with Crippen molar-refractivity contribution in [1.29, 1.82) is 0 Å². The summed E-state index contributed by atoms with van der Waals surface area (Å²) in [5, 5.41) is 3.48. The van der Waals surface area contributed by atoms with Gasteiger partial charge in [-0.1, -0.05) is 6.92 Å². The summed E-state index contributed by atoms with van der Waals surface area (Å²) in [4.78, 5) is 13.8. The number of amides is 1. The average molecular weight is 240 g/mol. The first-order chi connectivity index (χ1) is 8.12. The number of rotatable bonds is 5. The summed E-state index contributed by atoms with van der Waals surface area (Å²) in [6, 6.07) is 0.528. The fourth-order valence-corrected chi connectivity index (χ4v) is 2.24. The number of carbonyl (C=O) groups excluding carboxylic acids is 1. The zero-order chi connectivity index (χ0) is 12.3. The van der Waals surface area contributed by atoms with E-state index in [-0.39, 0.29) is 5.91 Å². The van der Waals surface area contributed by atoms with Gasteiger partial charge in [0.15, 0.2) is 0 Å². The molecule has 0 aromatic rings. The molecule has 0 aromatic carbocycles. The topological polar surface area (TPSA) is 41.6 Å². The lowest BCUT2D eigenvalue weighted by Gasteiger charge is -2.27. The highest BCUT2D eigenvalue weighted by molar-refractivity contribution is 5.76. The van der Waals surface area contributed by atoms with Crippen molar-refractivity contribution in [3.05, 3.63) is 0 Å². The van der Waals surface area contributed by atoms with Crippen molar-refractivity contribution >= 4 is 5.91 Å². The summed E-state index contributed by atoms with van der Waals surface area (Å²) in [5.74, 6) is 0.258. The highest BCUT2D eigenvalue weighted by atomic mass is 16.5. The largest absolute Gasteiger partial charge is 0.378 e. The van der Waals surface area contributed by atoms with Crippen molar-refractivity contribution in [3.8, 4) is 0 Å². The zero-order valence-electron chi connectivity index (χ0n) is 11.0. The molecule has 0 aromatic heterocycles. The van der Waals surface area contributed by atoms with Crippen molar-refractivity contribution in [2.45, 2.75) is 39.2 Å². The van der Waals surface area contributed by atoms with Gasteiger partial charge in [-0.3, -0.25) is 4.79 Å². The molecule has 1 aliphatic heterocycles. The minimum atomic E-state index is 0.258. The van der Waals surface area contributed by atoms with Gasteiger partial charge < -0.3 is 15.0 Å². The Hall–Kier alpha value is -0.610. The summed E-state index contributed by atoms with van der Waals surface area (Å²) in [6.45, 7) is 8.23. The highest BCUT2D eigenvalue weighted by Gasteiger charge is 2.42. The van der Waals surface area contributed by atoms with Crippen LogP contribution in [0.4, 0.5) is 0 Å². The molecule has 0 radical (unpaired) electrons. The van der Waals surface area contributed by atoms with E-state index in [1.807, 2.05) is 4.90 Å². The molecule has 4 nitrogen and oxygen atoms in total. The molecule has 1 saturated carbocycles. The Morgan fingerprint density at radius 3 is 2.65 bits per heavy atom. The molecule has 98 valence electrons. The van der Waals surface area contributed by atoms with Crippen LogP contribution in [0, 0.1) is 5.41 Å². The first-order valence-electron chi connectivity index (χ1n) is 6.71. The van der Waals surface area contributed by atoms with E-state index in [1.165, 1.54) is 12.8 Å². The quantitative estimate of drug-likeness (QED) is 0.780. The Morgan fingerprint density at radius 1 is 1.41 bits per heavy atom. The average Bonchev–Trinajstić information content (AvgIpc) is 3.09. The van der Waals surface area contributed by atoms with Gasteiger partial charge in [0.25, 0.3) is 0 Å². The summed E-state index contributed by atoms with van der Waals surface area (Å²) < 4.78 is 5.24. The highest BCUT2D eigenvalue weighted by Crippen LogP contribution is 2.47. The van der Waals surface area contributed by atoms with Crippen molar-refractivity contribution in [2.24, 2.45) is 5.41 Å². The molecule has 1 N–H and O–H groups in total. The number of carbonyl (C=O) groups is 1. The molecule has 0 bridgehead atoms. The Kier molecular flexibility index (Phi) is 4.05. The molecule has 1 saturated heterocycles. The Balaban J connectivity index is 1.62. The van der Waals surface area contributed by atoms with Crippen LogP contribution in [-0.2, 0) is 9.53 Å². The molecule has 2 fully saturated rings. The third-order valence-electron chi connectivity index (χ3n) is 4.24. The third kappa shape index (κ3) is 3.42. The summed E-state index contributed by atoms with van der Waals surface area (Å²) in [5.41, 5.74) is 0.488.